The molecule has 1 aromatic carbocycles. The fraction of sp³-hybridized carbons (Fsp3) is 0.625. The van der Waals surface area contributed by atoms with Crippen molar-refractivity contribution in [2.45, 2.75) is 57.9 Å². The van der Waals surface area contributed by atoms with Crippen LogP contribution in [0.2, 0.25) is 0 Å². The number of fused-ring (bicyclic) bond motifs is 1. The van der Waals surface area contributed by atoms with E-state index in [0.717, 1.165) is 12.0 Å². The van der Waals surface area contributed by atoms with Crippen LogP contribution in [0.3, 0.4) is 0 Å². The van der Waals surface area contributed by atoms with E-state index in [4.69, 9.17) is 0 Å². The Labute approximate surface area is 105 Å². The summed E-state index contributed by atoms with van der Waals surface area (Å²) in [6, 6.07) is 7.55. The summed E-state index contributed by atoms with van der Waals surface area (Å²) < 4.78 is 0. The highest BCUT2D eigenvalue weighted by molar-refractivity contribution is 5.56. The van der Waals surface area contributed by atoms with E-state index in [-0.39, 0.29) is 0 Å². The second kappa shape index (κ2) is 4.72. The van der Waals surface area contributed by atoms with E-state index in [0.29, 0.717) is 0 Å². The second-order valence-corrected chi connectivity index (χ2v) is 5.91. The fourth-order valence-electron chi connectivity index (χ4n) is 3.47. The van der Waals surface area contributed by atoms with E-state index >= 15 is 0 Å². The second-order valence-electron chi connectivity index (χ2n) is 5.91. The van der Waals surface area contributed by atoms with Crippen LogP contribution in [0, 0.1) is 5.92 Å². The first-order valence-corrected chi connectivity index (χ1v) is 7.20. The highest BCUT2D eigenvalue weighted by Gasteiger charge is 2.22. The van der Waals surface area contributed by atoms with E-state index in [9.17, 15) is 0 Å². The quantitative estimate of drug-likeness (QED) is 0.802. The van der Waals surface area contributed by atoms with Crippen molar-refractivity contribution in [3.63, 3.8) is 0 Å². The number of rotatable bonds is 2. The van der Waals surface area contributed by atoms with E-state index in [1.165, 1.54) is 50.6 Å². The van der Waals surface area contributed by atoms with E-state index in [1.807, 2.05) is 0 Å². The van der Waals surface area contributed by atoms with Crippen LogP contribution in [0.4, 0.5) is 5.69 Å². The standard InChI is InChI=1S/C16H23N/c1-12-9-10-14(11-12)17-16-8-4-6-13-5-2-3-7-15(13)16/h4,6,8,12,14,17H,2-3,5,7,9-11H2,1H3. The molecule has 0 saturated heterocycles. The number of aryl methyl sites for hydroxylation is 1. The Morgan fingerprint density at radius 1 is 1.12 bits per heavy atom. The van der Waals surface area contributed by atoms with Gasteiger partial charge in [0.25, 0.3) is 0 Å². The highest BCUT2D eigenvalue weighted by atomic mass is 14.9. The molecule has 1 fully saturated rings. The first-order chi connectivity index (χ1) is 8.33. The van der Waals surface area contributed by atoms with Crippen molar-refractivity contribution in [1.82, 2.24) is 0 Å². The lowest BCUT2D eigenvalue weighted by Gasteiger charge is -2.22. The Morgan fingerprint density at radius 2 is 2.00 bits per heavy atom. The van der Waals surface area contributed by atoms with Gasteiger partial charge in [0.1, 0.15) is 0 Å². The van der Waals surface area contributed by atoms with Gasteiger partial charge in [-0.3, -0.25) is 0 Å². The molecule has 0 radical (unpaired) electrons. The lowest BCUT2D eigenvalue weighted by Crippen LogP contribution is -2.18. The molecule has 0 heterocycles. The Kier molecular flexibility index (Phi) is 3.09. The molecular weight excluding hydrogens is 206 g/mol. The maximum absolute atomic E-state index is 3.80. The molecule has 2 aliphatic carbocycles. The molecule has 1 nitrogen and oxygen atoms in total. The Balaban J connectivity index is 1.78. The van der Waals surface area contributed by atoms with Crippen molar-refractivity contribution < 1.29 is 0 Å². The van der Waals surface area contributed by atoms with Gasteiger partial charge in [0.15, 0.2) is 0 Å². The maximum Gasteiger partial charge on any atom is 0.0377 e. The molecule has 17 heavy (non-hydrogen) atoms. The van der Waals surface area contributed by atoms with Crippen LogP contribution in [0.15, 0.2) is 18.2 Å². The van der Waals surface area contributed by atoms with Crippen LogP contribution < -0.4 is 5.32 Å². The van der Waals surface area contributed by atoms with Gasteiger partial charge >= 0.3 is 0 Å². The Hall–Kier alpha value is -0.980. The van der Waals surface area contributed by atoms with Crippen LogP contribution in [0.1, 0.15) is 50.2 Å². The van der Waals surface area contributed by atoms with Crippen molar-refractivity contribution in [2.75, 3.05) is 5.32 Å². The van der Waals surface area contributed by atoms with Gasteiger partial charge in [-0.2, -0.15) is 0 Å². The summed E-state index contributed by atoms with van der Waals surface area (Å²) >= 11 is 0. The van der Waals surface area contributed by atoms with Gasteiger partial charge in [0.05, 0.1) is 0 Å². The predicted molar refractivity (Wildman–Crippen MR) is 73.5 cm³/mol. The van der Waals surface area contributed by atoms with Crippen LogP contribution in [0.25, 0.3) is 0 Å². The molecule has 92 valence electrons. The topological polar surface area (TPSA) is 12.0 Å². The molecule has 0 amide bonds. The van der Waals surface area contributed by atoms with E-state index in [2.05, 4.69) is 30.4 Å². The van der Waals surface area contributed by atoms with Gasteiger partial charge in [0, 0.05) is 11.7 Å². The largest absolute Gasteiger partial charge is 0.382 e. The SMILES string of the molecule is CC1CCC(Nc2cccc3c2CCCC3)C1. The van der Waals surface area contributed by atoms with Gasteiger partial charge in [-0.15, -0.1) is 0 Å². The molecule has 2 aliphatic rings. The number of benzene rings is 1. The lowest BCUT2D eigenvalue weighted by atomic mass is 9.90. The average molecular weight is 229 g/mol. The zero-order chi connectivity index (χ0) is 11.7. The fourth-order valence-corrected chi connectivity index (χ4v) is 3.47. The predicted octanol–water partition coefficient (Wildman–Crippen LogP) is 4.17. The van der Waals surface area contributed by atoms with Gasteiger partial charge in [-0.25, -0.2) is 0 Å². The monoisotopic (exact) mass is 229 g/mol. The van der Waals surface area contributed by atoms with Gasteiger partial charge in [-0.1, -0.05) is 19.1 Å². The maximum atomic E-state index is 3.80. The zero-order valence-corrected chi connectivity index (χ0v) is 10.8. The minimum absolute atomic E-state index is 0.721. The molecule has 1 saturated carbocycles. The molecule has 2 unspecified atom stereocenters. The molecule has 0 spiro atoms. The Morgan fingerprint density at radius 3 is 2.82 bits per heavy atom. The number of hydrogen-bond donors (Lipinski definition) is 1. The normalized spacial score (nSPS) is 27.8. The minimum Gasteiger partial charge on any atom is -0.382 e. The summed E-state index contributed by atoms with van der Waals surface area (Å²) in [5, 5.41) is 3.80. The number of anilines is 1. The molecule has 0 aromatic heterocycles. The third kappa shape index (κ3) is 2.34. The van der Waals surface area contributed by atoms with Gasteiger partial charge < -0.3 is 5.32 Å². The third-order valence-corrected chi connectivity index (χ3v) is 4.45. The smallest absolute Gasteiger partial charge is 0.0377 e. The summed E-state index contributed by atoms with van der Waals surface area (Å²) in [7, 11) is 0. The highest BCUT2D eigenvalue weighted by Crippen LogP contribution is 2.32. The lowest BCUT2D eigenvalue weighted by molar-refractivity contribution is 0.602. The van der Waals surface area contributed by atoms with Crippen LogP contribution >= 0.6 is 0 Å². The minimum atomic E-state index is 0.721. The van der Waals surface area contributed by atoms with Crippen molar-refractivity contribution in [3.8, 4) is 0 Å². The molecule has 3 rings (SSSR count). The number of nitrogens with one attached hydrogen (secondary N) is 1. The zero-order valence-electron chi connectivity index (χ0n) is 10.8. The van der Waals surface area contributed by atoms with Crippen LogP contribution in [-0.4, -0.2) is 6.04 Å². The molecular formula is C16H23N. The van der Waals surface area contributed by atoms with Crippen LogP contribution in [0.5, 0.6) is 0 Å². The average Bonchev–Trinajstić information content (AvgIpc) is 2.75. The summed E-state index contributed by atoms with van der Waals surface area (Å²) in [4.78, 5) is 0. The first kappa shape index (κ1) is 11.1. The van der Waals surface area contributed by atoms with E-state index in [1.54, 1.807) is 11.1 Å². The van der Waals surface area contributed by atoms with Crippen molar-refractivity contribution in [3.05, 3.63) is 29.3 Å². The molecule has 1 aromatic rings. The first-order valence-electron chi connectivity index (χ1n) is 7.20. The van der Waals surface area contributed by atoms with E-state index < -0.39 is 0 Å². The molecule has 0 bridgehead atoms. The number of hydrogen-bond acceptors (Lipinski definition) is 1. The van der Waals surface area contributed by atoms with Crippen molar-refractivity contribution >= 4 is 5.69 Å². The van der Waals surface area contributed by atoms with Gasteiger partial charge in [-0.05, 0) is 68.1 Å². The molecule has 1 N–H and O–H groups in total. The van der Waals surface area contributed by atoms with Crippen molar-refractivity contribution in [1.29, 1.82) is 0 Å². The van der Waals surface area contributed by atoms with Crippen molar-refractivity contribution in [2.24, 2.45) is 5.92 Å². The Bertz CT molecular complexity index is 397. The molecule has 0 aliphatic heterocycles. The summed E-state index contributed by atoms with van der Waals surface area (Å²) in [5.41, 5.74) is 4.63. The molecule has 2 atom stereocenters. The van der Waals surface area contributed by atoms with Gasteiger partial charge in [0.2, 0.25) is 0 Å². The summed E-state index contributed by atoms with van der Waals surface area (Å²) in [6.07, 6.45) is 9.40. The summed E-state index contributed by atoms with van der Waals surface area (Å²) in [5.74, 6) is 0.909. The summed E-state index contributed by atoms with van der Waals surface area (Å²) in [6.45, 7) is 2.38. The third-order valence-electron chi connectivity index (χ3n) is 4.45. The molecule has 1 heteroatoms. The van der Waals surface area contributed by atoms with Crippen LogP contribution in [-0.2, 0) is 12.8 Å².